The Morgan fingerprint density at radius 2 is 1.62 bits per heavy atom. The molecule has 1 aliphatic carbocycles. The van der Waals surface area contributed by atoms with Crippen LogP contribution in [0.1, 0.15) is 61.0 Å². The summed E-state index contributed by atoms with van der Waals surface area (Å²) in [5.41, 5.74) is 8.73. The molecule has 0 aliphatic heterocycles. The number of carbonyl (C=O) groups excluding carboxylic acids is 3. The molecule has 0 saturated carbocycles. The van der Waals surface area contributed by atoms with Gasteiger partial charge >= 0.3 is 5.91 Å². The molecule has 3 N–H and O–H groups in total. The molecule has 0 unspecified atom stereocenters. The highest BCUT2D eigenvalue weighted by Gasteiger charge is 2.28. The van der Waals surface area contributed by atoms with Crippen LogP contribution in [0.4, 0.5) is 4.39 Å². The minimum absolute atomic E-state index is 0.00846. The van der Waals surface area contributed by atoms with E-state index in [9.17, 15) is 18.8 Å². The van der Waals surface area contributed by atoms with Gasteiger partial charge in [-0.25, -0.2) is 9.82 Å². The van der Waals surface area contributed by atoms with Crippen LogP contribution in [-0.2, 0) is 6.42 Å². The third-order valence-corrected chi connectivity index (χ3v) is 5.68. The van der Waals surface area contributed by atoms with Gasteiger partial charge in [0.25, 0.3) is 11.8 Å². The fourth-order valence-electron chi connectivity index (χ4n) is 3.70. The molecule has 8 nitrogen and oxygen atoms in total. The van der Waals surface area contributed by atoms with Crippen LogP contribution in [-0.4, -0.2) is 23.4 Å². The lowest BCUT2D eigenvalue weighted by Gasteiger charge is -2.13. The van der Waals surface area contributed by atoms with E-state index in [1.165, 1.54) is 18.2 Å². The lowest BCUT2D eigenvalue weighted by molar-refractivity contribution is 0.0827. The van der Waals surface area contributed by atoms with Crippen molar-refractivity contribution in [3.05, 3.63) is 93.1 Å². The van der Waals surface area contributed by atoms with Gasteiger partial charge in [0, 0.05) is 17.5 Å². The summed E-state index contributed by atoms with van der Waals surface area (Å²) >= 11 is 6.07. The fraction of sp³-hybridized carbons (Fsp3) is 0.167. The molecule has 0 atom stereocenters. The van der Waals surface area contributed by atoms with Crippen LogP contribution in [0.15, 0.2) is 58.0 Å². The topological polar surface area (TPSA) is 113 Å². The number of nitrogens with one attached hydrogen (secondary N) is 3. The molecule has 0 saturated heterocycles. The summed E-state index contributed by atoms with van der Waals surface area (Å²) in [5.74, 6) is -2.12. The molecule has 10 heteroatoms. The van der Waals surface area contributed by atoms with Gasteiger partial charge in [-0.2, -0.15) is 5.10 Å². The first-order chi connectivity index (χ1) is 16.4. The van der Waals surface area contributed by atoms with Gasteiger partial charge < -0.3 is 4.42 Å². The van der Waals surface area contributed by atoms with Gasteiger partial charge in [-0.05, 0) is 44.0 Å². The van der Waals surface area contributed by atoms with E-state index < -0.39 is 23.5 Å². The van der Waals surface area contributed by atoms with Gasteiger partial charge in [0.1, 0.15) is 11.6 Å². The average molecular weight is 483 g/mol. The Kier molecular flexibility index (Phi) is 6.74. The first-order valence-electron chi connectivity index (χ1n) is 10.5. The Morgan fingerprint density at radius 1 is 0.941 bits per heavy atom. The van der Waals surface area contributed by atoms with Crippen LogP contribution in [0, 0.1) is 12.7 Å². The maximum Gasteiger partial charge on any atom is 0.305 e. The molecule has 3 amide bonds. The SMILES string of the molecule is Cc1c(C(=O)NNC(=O)c2ccccc2F)oc2c1/C(=N/NC(=O)c1ccccc1Cl)CCC2. The van der Waals surface area contributed by atoms with Crippen molar-refractivity contribution >= 4 is 35.0 Å². The molecule has 3 aromatic rings. The van der Waals surface area contributed by atoms with E-state index >= 15 is 0 Å². The molecule has 174 valence electrons. The molecule has 1 aromatic heterocycles. The highest BCUT2D eigenvalue weighted by Crippen LogP contribution is 2.30. The van der Waals surface area contributed by atoms with Crippen LogP contribution in [0.5, 0.6) is 0 Å². The van der Waals surface area contributed by atoms with E-state index in [0.717, 1.165) is 6.07 Å². The summed E-state index contributed by atoms with van der Waals surface area (Å²) in [6, 6.07) is 12.0. The molecule has 4 rings (SSSR count). The standard InChI is InChI=1S/C24H20ClFN4O4/c1-13-20-18(27-28-22(31)14-7-2-4-9-16(14)25)11-6-12-19(20)34-21(13)24(33)30-29-23(32)15-8-3-5-10-17(15)26/h2-5,7-10H,6,11-12H2,1H3,(H,28,31)(H,29,32)(H,30,33)/b27-18+. The number of aryl methyl sites for hydroxylation is 1. The zero-order valence-electron chi connectivity index (χ0n) is 18.1. The van der Waals surface area contributed by atoms with Gasteiger partial charge in [-0.15, -0.1) is 0 Å². The van der Waals surface area contributed by atoms with Crippen molar-refractivity contribution in [1.29, 1.82) is 0 Å². The number of furan rings is 1. The number of halogens is 2. The number of rotatable bonds is 4. The van der Waals surface area contributed by atoms with E-state index in [2.05, 4.69) is 21.4 Å². The van der Waals surface area contributed by atoms with Crippen LogP contribution < -0.4 is 16.3 Å². The minimum Gasteiger partial charge on any atom is -0.455 e. The van der Waals surface area contributed by atoms with Crippen molar-refractivity contribution in [2.45, 2.75) is 26.2 Å². The maximum atomic E-state index is 13.8. The largest absolute Gasteiger partial charge is 0.455 e. The molecule has 0 fully saturated rings. The molecular weight excluding hydrogens is 463 g/mol. The van der Waals surface area contributed by atoms with Gasteiger partial charge in [0.05, 0.1) is 21.9 Å². The van der Waals surface area contributed by atoms with Crippen molar-refractivity contribution in [1.82, 2.24) is 16.3 Å². The van der Waals surface area contributed by atoms with Crippen molar-refractivity contribution in [2.75, 3.05) is 0 Å². The number of fused-ring (bicyclic) bond motifs is 1. The maximum absolute atomic E-state index is 13.8. The molecule has 2 aromatic carbocycles. The second-order valence-electron chi connectivity index (χ2n) is 7.58. The van der Waals surface area contributed by atoms with E-state index in [1.807, 2.05) is 0 Å². The monoisotopic (exact) mass is 482 g/mol. The number of benzene rings is 2. The molecule has 0 spiro atoms. The Bertz CT molecular complexity index is 1320. The van der Waals surface area contributed by atoms with Crippen LogP contribution in [0.3, 0.4) is 0 Å². The Hall–Kier alpha value is -3.98. The minimum atomic E-state index is -0.801. The quantitative estimate of drug-likeness (QED) is 0.489. The zero-order chi connectivity index (χ0) is 24.2. The van der Waals surface area contributed by atoms with Crippen LogP contribution in [0.25, 0.3) is 0 Å². The van der Waals surface area contributed by atoms with Crippen LogP contribution in [0.2, 0.25) is 5.02 Å². The predicted molar refractivity (Wildman–Crippen MR) is 123 cm³/mol. The van der Waals surface area contributed by atoms with Crippen molar-refractivity contribution in [2.24, 2.45) is 5.10 Å². The molecule has 1 aliphatic rings. The Balaban J connectivity index is 1.50. The summed E-state index contributed by atoms with van der Waals surface area (Å²) in [5, 5.41) is 4.56. The highest BCUT2D eigenvalue weighted by atomic mass is 35.5. The van der Waals surface area contributed by atoms with E-state index in [1.54, 1.807) is 31.2 Å². The normalized spacial score (nSPS) is 13.8. The van der Waals surface area contributed by atoms with Crippen LogP contribution >= 0.6 is 11.6 Å². The molecule has 34 heavy (non-hydrogen) atoms. The molecule has 1 heterocycles. The summed E-state index contributed by atoms with van der Waals surface area (Å²) in [7, 11) is 0. The Labute approximate surface area is 199 Å². The lowest BCUT2D eigenvalue weighted by atomic mass is 9.93. The Morgan fingerprint density at radius 3 is 2.35 bits per heavy atom. The third-order valence-electron chi connectivity index (χ3n) is 5.35. The number of carbonyl (C=O) groups is 3. The third kappa shape index (κ3) is 4.69. The fourth-order valence-corrected chi connectivity index (χ4v) is 3.93. The second kappa shape index (κ2) is 9.88. The summed E-state index contributed by atoms with van der Waals surface area (Å²) in [6.45, 7) is 1.69. The van der Waals surface area contributed by atoms with E-state index in [4.69, 9.17) is 16.0 Å². The second-order valence-corrected chi connectivity index (χ2v) is 7.98. The number of hydrogen-bond donors (Lipinski definition) is 3. The molecule has 0 radical (unpaired) electrons. The van der Waals surface area contributed by atoms with Gasteiger partial charge in [0.2, 0.25) is 0 Å². The summed E-state index contributed by atoms with van der Waals surface area (Å²) in [4.78, 5) is 37.3. The summed E-state index contributed by atoms with van der Waals surface area (Å²) in [6.07, 6.45) is 1.87. The van der Waals surface area contributed by atoms with Crippen molar-refractivity contribution in [3.8, 4) is 0 Å². The average Bonchev–Trinajstić information content (AvgIpc) is 3.18. The van der Waals surface area contributed by atoms with Gasteiger partial charge in [-0.3, -0.25) is 25.2 Å². The molecular formula is C24H20ClFN4O4. The van der Waals surface area contributed by atoms with E-state index in [-0.39, 0.29) is 11.3 Å². The van der Waals surface area contributed by atoms with Gasteiger partial charge in [0.15, 0.2) is 5.76 Å². The number of nitrogens with zero attached hydrogens (tertiary/aromatic N) is 1. The van der Waals surface area contributed by atoms with Crippen molar-refractivity contribution in [3.63, 3.8) is 0 Å². The first-order valence-corrected chi connectivity index (χ1v) is 10.8. The number of hydrazone groups is 1. The molecule has 0 bridgehead atoms. The number of hydrogen-bond acceptors (Lipinski definition) is 5. The number of hydrazine groups is 1. The first kappa shape index (κ1) is 23.2. The number of amides is 3. The smallest absolute Gasteiger partial charge is 0.305 e. The van der Waals surface area contributed by atoms with Crippen molar-refractivity contribution < 1.29 is 23.2 Å². The summed E-state index contributed by atoms with van der Waals surface area (Å²) < 4.78 is 19.5. The van der Waals surface area contributed by atoms with Gasteiger partial charge in [-0.1, -0.05) is 35.9 Å². The highest BCUT2D eigenvalue weighted by molar-refractivity contribution is 6.33. The zero-order valence-corrected chi connectivity index (χ0v) is 18.8. The predicted octanol–water partition coefficient (Wildman–Crippen LogP) is 3.93. The lowest BCUT2D eigenvalue weighted by Crippen LogP contribution is -2.42. The van der Waals surface area contributed by atoms with E-state index in [0.29, 0.717) is 52.4 Å².